The Hall–Kier alpha value is -0.920. The second-order valence-electron chi connectivity index (χ2n) is 5.58. The molecule has 1 aliphatic rings. The number of hydrogen-bond acceptors (Lipinski definition) is 4. The number of ether oxygens (including phenoxy) is 1. The van der Waals surface area contributed by atoms with Gasteiger partial charge in [0.05, 0.1) is 18.2 Å². The van der Waals surface area contributed by atoms with E-state index in [9.17, 15) is 8.42 Å². The first-order valence-corrected chi connectivity index (χ1v) is 8.02. The number of sulfonamides is 1. The van der Waals surface area contributed by atoms with Gasteiger partial charge in [-0.3, -0.25) is 0 Å². The van der Waals surface area contributed by atoms with Crippen LogP contribution in [-0.2, 0) is 27.7 Å². The summed E-state index contributed by atoms with van der Waals surface area (Å²) in [5.41, 5.74) is -0.0968. The summed E-state index contributed by atoms with van der Waals surface area (Å²) in [6.07, 6.45) is 4.24. The Labute approximate surface area is 114 Å². The fraction of sp³-hybridized carbons (Fsp3) is 0.750. The Bertz CT molecular complexity index is 563. The molecule has 1 aromatic rings. The van der Waals surface area contributed by atoms with Gasteiger partial charge in [-0.1, -0.05) is 6.92 Å². The second kappa shape index (κ2) is 4.88. The van der Waals surface area contributed by atoms with Crippen LogP contribution in [0.3, 0.4) is 0 Å². The van der Waals surface area contributed by atoms with Crippen LogP contribution < -0.4 is 5.14 Å². The maximum Gasteiger partial charge on any atom is 0.257 e. The first-order valence-electron chi connectivity index (χ1n) is 6.48. The molecule has 0 aromatic carbocycles. The lowest BCUT2D eigenvalue weighted by molar-refractivity contribution is -0.0219. The lowest BCUT2D eigenvalue weighted by Crippen LogP contribution is -2.23. The molecule has 6 nitrogen and oxygen atoms in total. The van der Waals surface area contributed by atoms with Crippen molar-refractivity contribution in [3.63, 3.8) is 0 Å². The van der Waals surface area contributed by atoms with E-state index in [1.807, 2.05) is 11.5 Å². The molecule has 2 heterocycles. The van der Waals surface area contributed by atoms with Gasteiger partial charge in [-0.25, -0.2) is 18.5 Å². The third-order valence-electron chi connectivity index (χ3n) is 3.40. The fourth-order valence-electron chi connectivity index (χ4n) is 2.43. The number of rotatable bonds is 4. The van der Waals surface area contributed by atoms with Gasteiger partial charge in [0.1, 0.15) is 5.82 Å². The minimum Gasteiger partial charge on any atom is -0.370 e. The highest BCUT2D eigenvalue weighted by Crippen LogP contribution is 2.30. The molecule has 0 aliphatic carbocycles. The van der Waals surface area contributed by atoms with Gasteiger partial charge in [0.2, 0.25) is 0 Å². The summed E-state index contributed by atoms with van der Waals surface area (Å²) in [7, 11) is -3.74. The summed E-state index contributed by atoms with van der Waals surface area (Å²) >= 11 is 0. The molecule has 2 rings (SSSR count). The molecule has 1 aromatic heterocycles. The molecule has 0 saturated carbocycles. The SMILES string of the molecule is CCc1nc(S(N)(=O)=O)cn1CC1CCC(C)(C)O1. The van der Waals surface area contributed by atoms with Gasteiger partial charge in [0.15, 0.2) is 5.03 Å². The van der Waals surface area contributed by atoms with Crippen molar-refractivity contribution in [3.05, 3.63) is 12.0 Å². The van der Waals surface area contributed by atoms with Gasteiger partial charge >= 0.3 is 0 Å². The van der Waals surface area contributed by atoms with Crippen molar-refractivity contribution in [1.82, 2.24) is 9.55 Å². The van der Waals surface area contributed by atoms with Crippen LogP contribution in [0.4, 0.5) is 0 Å². The Morgan fingerprint density at radius 1 is 1.58 bits per heavy atom. The quantitative estimate of drug-likeness (QED) is 0.896. The standard InChI is InChI=1S/C12H21N3O3S/c1-4-10-14-11(19(13,16)17)8-15(10)7-9-5-6-12(2,3)18-9/h8-9H,4-7H2,1-3H3,(H2,13,16,17). The predicted molar refractivity (Wildman–Crippen MR) is 71.2 cm³/mol. The molecule has 1 aliphatic heterocycles. The van der Waals surface area contributed by atoms with E-state index in [-0.39, 0.29) is 16.7 Å². The van der Waals surface area contributed by atoms with Crippen LogP contribution in [0.15, 0.2) is 11.2 Å². The van der Waals surface area contributed by atoms with E-state index in [1.165, 1.54) is 6.20 Å². The first kappa shape index (κ1) is 14.5. The van der Waals surface area contributed by atoms with Crippen molar-refractivity contribution in [2.75, 3.05) is 0 Å². The van der Waals surface area contributed by atoms with Crippen LogP contribution in [0, 0.1) is 0 Å². The molecule has 1 fully saturated rings. The topological polar surface area (TPSA) is 87.2 Å². The zero-order valence-electron chi connectivity index (χ0n) is 11.6. The predicted octanol–water partition coefficient (Wildman–Crippen LogP) is 1.05. The largest absolute Gasteiger partial charge is 0.370 e. The number of aromatic nitrogens is 2. The van der Waals surface area contributed by atoms with Gasteiger partial charge in [-0.05, 0) is 26.7 Å². The average molecular weight is 287 g/mol. The van der Waals surface area contributed by atoms with Crippen LogP contribution in [0.5, 0.6) is 0 Å². The van der Waals surface area contributed by atoms with E-state index in [4.69, 9.17) is 9.88 Å². The molecule has 2 N–H and O–H groups in total. The summed E-state index contributed by atoms with van der Waals surface area (Å²) in [5.74, 6) is 0.720. The smallest absolute Gasteiger partial charge is 0.257 e. The van der Waals surface area contributed by atoms with E-state index in [1.54, 1.807) is 0 Å². The van der Waals surface area contributed by atoms with Gasteiger partial charge in [-0.15, -0.1) is 0 Å². The molecule has 0 bridgehead atoms. The van der Waals surface area contributed by atoms with Crippen molar-refractivity contribution in [1.29, 1.82) is 0 Å². The number of primary sulfonamides is 1. The fourth-order valence-corrected chi connectivity index (χ4v) is 2.94. The Balaban J connectivity index is 2.19. The number of aryl methyl sites for hydroxylation is 1. The van der Waals surface area contributed by atoms with Crippen molar-refractivity contribution >= 4 is 10.0 Å². The lowest BCUT2D eigenvalue weighted by Gasteiger charge is -2.20. The zero-order valence-corrected chi connectivity index (χ0v) is 12.4. The zero-order chi connectivity index (χ0) is 14.3. The minimum atomic E-state index is -3.74. The van der Waals surface area contributed by atoms with E-state index in [0.29, 0.717) is 13.0 Å². The third-order valence-corrected chi connectivity index (χ3v) is 4.18. The van der Waals surface area contributed by atoms with E-state index < -0.39 is 10.0 Å². The molecular formula is C12H21N3O3S. The molecule has 7 heteroatoms. The minimum absolute atomic E-state index is 0.0680. The van der Waals surface area contributed by atoms with Crippen LogP contribution >= 0.6 is 0 Å². The monoisotopic (exact) mass is 287 g/mol. The summed E-state index contributed by atoms with van der Waals surface area (Å²) in [5, 5.41) is 5.04. The first-order chi connectivity index (χ1) is 8.71. The summed E-state index contributed by atoms with van der Waals surface area (Å²) in [6.45, 7) is 6.69. The van der Waals surface area contributed by atoms with Crippen molar-refractivity contribution in [2.24, 2.45) is 5.14 Å². The molecule has 108 valence electrons. The maximum atomic E-state index is 11.3. The highest BCUT2D eigenvalue weighted by molar-refractivity contribution is 7.89. The van der Waals surface area contributed by atoms with Crippen molar-refractivity contribution in [2.45, 2.75) is 63.3 Å². The van der Waals surface area contributed by atoms with Gasteiger partial charge in [0, 0.05) is 12.6 Å². The molecule has 1 atom stereocenters. The van der Waals surface area contributed by atoms with Gasteiger partial charge in [-0.2, -0.15) is 0 Å². The second-order valence-corrected chi connectivity index (χ2v) is 7.09. The van der Waals surface area contributed by atoms with E-state index in [0.717, 1.165) is 18.7 Å². The molecule has 1 unspecified atom stereocenters. The number of nitrogens with two attached hydrogens (primary N) is 1. The molecule has 1 saturated heterocycles. The molecule has 19 heavy (non-hydrogen) atoms. The number of nitrogens with zero attached hydrogens (tertiary/aromatic N) is 2. The molecule has 0 spiro atoms. The maximum absolute atomic E-state index is 11.3. The Kier molecular flexibility index (Phi) is 3.72. The van der Waals surface area contributed by atoms with Gasteiger partial charge in [0.25, 0.3) is 10.0 Å². The third kappa shape index (κ3) is 3.34. The molecule has 0 amide bonds. The number of imidazole rings is 1. The normalized spacial score (nSPS) is 22.8. The van der Waals surface area contributed by atoms with Crippen LogP contribution in [0.1, 0.15) is 39.4 Å². The summed E-state index contributed by atoms with van der Waals surface area (Å²) < 4.78 is 30.4. The number of hydrogen-bond donors (Lipinski definition) is 1. The average Bonchev–Trinajstić information content (AvgIpc) is 2.82. The van der Waals surface area contributed by atoms with Crippen LogP contribution in [0.2, 0.25) is 0 Å². The van der Waals surface area contributed by atoms with E-state index >= 15 is 0 Å². The molecular weight excluding hydrogens is 266 g/mol. The lowest BCUT2D eigenvalue weighted by atomic mass is 10.1. The molecule has 0 radical (unpaired) electrons. The van der Waals surface area contributed by atoms with E-state index in [2.05, 4.69) is 18.8 Å². The summed E-state index contributed by atoms with van der Waals surface area (Å²) in [4.78, 5) is 4.07. The Morgan fingerprint density at radius 2 is 2.26 bits per heavy atom. The van der Waals surface area contributed by atoms with Gasteiger partial charge < -0.3 is 9.30 Å². The van der Waals surface area contributed by atoms with Crippen molar-refractivity contribution in [3.8, 4) is 0 Å². The van der Waals surface area contributed by atoms with Crippen LogP contribution in [-0.4, -0.2) is 29.7 Å². The highest BCUT2D eigenvalue weighted by Gasteiger charge is 2.32. The highest BCUT2D eigenvalue weighted by atomic mass is 32.2. The van der Waals surface area contributed by atoms with Crippen molar-refractivity contribution < 1.29 is 13.2 Å². The van der Waals surface area contributed by atoms with Crippen LogP contribution in [0.25, 0.3) is 0 Å². The summed E-state index contributed by atoms with van der Waals surface area (Å²) in [6, 6.07) is 0. The Morgan fingerprint density at radius 3 is 2.74 bits per heavy atom.